The summed E-state index contributed by atoms with van der Waals surface area (Å²) in [6.45, 7) is 7.86. The average Bonchev–Trinajstić information content (AvgIpc) is 3.67. The molecule has 2 heterocycles. The Balaban J connectivity index is 0.000000245. The van der Waals surface area contributed by atoms with E-state index >= 15 is 0 Å². The van der Waals surface area contributed by atoms with E-state index in [1.807, 2.05) is 39.8 Å². The molecule has 2 saturated carbocycles. The number of carboxylic acid groups (broad SMARTS) is 1. The number of aromatic amines is 2. The Morgan fingerprint density at radius 2 is 1.21 bits per heavy atom. The number of H-pyrrole nitrogens is 2. The average molecular weight is 653 g/mol. The number of carboxylic acids is 1. The van der Waals surface area contributed by atoms with Crippen molar-refractivity contribution < 1.29 is 54.5 Å². The molecular formula is C35H45N6NaO5. The van der Waals surface area contributed by atoms with Crippen molar-refractivity contribution in [2.75, 3.05) is 7.11 Å². The van der Waals surface area contributed by atoms with E-state index in [0.717, 1.165) is 71.1 Å². The van der Waals surface area contributed by atoms with Crippen LogP contribution in [-0.4, -0.2) is 60.0 Å². The first kappa shape index (κ1) is 38.1. The van der Waals surface area contributed by atoms with E-state index in [-0.39, 0.29) is 41.0 Å². The molecule has 4 N–H and O–H groups in total. The molecule has 0 unspecified atom stereocenters. The van der Waals surface area contributed by atoms with Gasteiger partial charge in [0.2, 0.25) is 0 Å². The number of aromatic carboxylic acids is 1. The Morgan fingerprint density at radius 3 is 1.55 bits per heavy atom. The third kappa shape index (κ3) is 8.95. The monoisotopic (exact) mass is 652 g/mol. The number of hydrogen-bond donors (Lipinski definition) is 3. The standard InChI is InChI=1S/C18H23N3O2.C17H21N3O2.Na.H2O/c1-4-16-19-17(21-20-16)15-10-14(18(22)23-3)11(2)8-13(15)9-12-6-5-7-12;1-3-15-18-16(20-19-15)14-9-13(17(21)22)10(2)7-12(14)8-11-5-4-6-11;;/h8,10,12H,4-7,9H2,1-3H3,(H,19,20,21);7,9,11H,3-6,8H2,1-2H3,(H,21,22)(H,18,19,20);;1H2/q;;+1;/p-1. The minimum absolute atomic E-state index is 0. The maximum absolute atomic E-state index is 12.0. The summed E-state index contributed by atoms with van der Waals surface area (Å²) in [6, 6.07) is 7.72. The summed E-state index contributed by atoms with van der Waals surface area (Å²) in [5.74, 6) is 3.18. The van der Waals surface area contributed by atoms with Crippen LogP contribution in [-0.2, 0) is 30.4 Å². The Bertz CT molecular complexity index is 1670. The Hall–Kier alpha value is -3.38. The van der Waals surface area contributed by atoms with Crippen LogP contribution in [0.4, 0.5) is 0 Å². The molecule has 2 fully saturated rings. The largest absolute Gasteiger partial charge is 1.00 e. The molecule has 4 aromatic rings. The number of hydrogen-bond acceptors (Lipinski definition) is 8. The van der Waals surface area contributed by atoms with Crippen molar-refractivity contribution in [1.29, 1.82) is 0 Å². The number of methoxy groups -OCH3 is 1. The zero-order valence-electron chi connectivity index (χ0n) is 28.4. The van der Waals surface area contributed by atoms with Gasteiger partial charge in [0.05, 0.1) is 18.2 Å². The summed E-state index contributed by atoms with van der Waals surface area (Å²) in [6.07, 6.45) is 11.3. The van der Waals surface area contributed by atoms with Gasteiger partial charge in [-0.1, -0.05) is 64.5 Å². The smallest absolute Gasteiger partial charge is 0.870 e. The summed E-state index contributed by atoms with van der Waals surface area (Å²) >= 11 is 0. The molecule has 0 atom stereocenters. The van der Waals surface area contributed by atoms with Gasteiger partial charge in [-0.05, 0) is 72.9 Å². The van der Waals surface area contributed by atoms with Gasteiger partial charge in [-0.25, -0.2) is 19.6 Å². The van der Waals surface area contributed by atoms with E-state index in [0.29, 0.717) is 28.7 Å². The number of nitrogens with zero attached hydrogens (tertiary/aromatic N) is 4. The SMILES string of the molecule is CCc1nc(-c2cc(C(=O)O)c(C)cc2CC2CCC2)n[nH]1.CCc1nc(-c2cc(C(=O)OC)c(C)cc2CC2CCC2)n[nH]1.[Na+].[OH-]. The molecule has 0 amide bonds. The summed E-state index contributed by atoms with van der Waals surface area (Å²) in [5.41, 5.74) is 6.84. The molecule has 11 nitrogen and oxygen atoms in total. The fraction of sp³-hybridized carbons (Fsp3) is 0.486. The predicted molar refractivity (Wildman–Crippen MR) is 174 cm³/mol. The van der Waals surface area contributed by atoms with Gasteiger partial charge in [0.25, 0.3) is 0 Å². The van der Waals surface area contributed by atoms with Crippen LogP contribution < -0.4 is 29.6 Å². The molecule has 2 aliphatic carbocycles. The van der Waals surface area contributed by atoms with Crippen molar-refractivity contribution in [2.24, 2.45) is 11.8 Å². The van der Waals surface area contributed by atoms with Crippen molar-refractivity contribution in [3.63, 3.8) is 0 Å². The van der Waals surface area contributed by atoms with Crippen molar-refractivity contribution >= 4 is 11.9 Å². The van der Waals surface area contributed by atoms with E-state index in [1.165, 1.54) is 51.2 Å². The number of carbonyl (C=O) groups excluding carboxylic acids is 1. The molecule has 47 heavy (non-hydrogen) atoms. The first-order chi connectivity index (χ1) is 21.7. The Morgan fingerprint density at radius 1 is 0.787 bits per heavy atom. The Labute approximate surface area is 298 Å². The second-order valence-corrected chi connectivity index (χ2v) is 12.4. The first-order valence-electron chi connectivity index (χ1n) is 16.1. The number of esters is 1. The van der Waals surface area contributed by atoms with Crippen LogP contribution in [0.3, 0.4) is 0 Å². The summed E-state index contributed by atoms with van der Waals surface area (Å²) in [4.78, 5) is 32.5. The molecule has 2 aromatic heterocycles. The minimum Gasteiger partial charge on any atom is -0.870 e. The summed E-state index contributed by atoms with van der Waals surface area (Å²) in [7, 11) is 1.41. The number of aryl methyl sites for hydroxylation is 4. The van der Waals surface area contributed by atoms with Crippen LogP contribution in [0.25, 0.3) is 22.8 Å². The van der Waals surface area contributed by atoms with E-state index in [4.69, 9.17) is 4.74 Å². The van der Waals surface area contributed by atoms with Gasteiger partial charge in [0.15, 0.2) is 11.6 Å². The Kier molecular flexibility index (Phi) is 13.9. The second kappa shape index (κ2) is 17.1. The molecule has 0 bridgehead atoms. The molecule has 0 aliphatic heterocycles. The molecule has 12 heteroatoms. The van der Waals surface area contributed by atoms with Crippen molar-refractivity contribution in [1.82, 2.24) is 30.4 Å². The zero-order chi connectivity index (χ0) is 32.1. The molecule has 0 radical (unpaired) electrons. The third-order valence-electron chi connectivity index (χ3n) is 9.22. The van der Waals surface area contributed by atoms with E-state index in [9.17, 15) is 14.7 Å². The molecule has 2 aliphatic rings. The number of nitrogens with one attached hydrogen (secondary N) is 2. The van der Waals surface area contributed by atoms with Crippen LogP contribution in [0.15, 0.2) is 24.3 Å². The molecular weight excluding hydrogens is 607 g/mol. The van der Waals surface area contributed by atoms with Gasteiger partial charge in [0.1, 0.15) is 11.6 Å². The fourth-order valence-corrected chi connectivity index (χ4v) is 6.01. The number of carbonyl (C=O) groups is 2. The second-order valence-electron chi connectivity index (χ2n) is 12.4. The van der Waals surface area contributed by atoms with Gasteiger partial charge < -0.3 is 15.3 Å². The number of ether oxygens (including phenoxy) is 1. The number of rotatable bonds is 10. The van der Waals surface area contributed by atoms with Crippen molar-refractivity contribution in [2.45, 2.75) is 91.9 Å². The predicted octanol–water partition coefficient (Wildman–Crippen LogP) is 3.68. The van der Waals surface area contributed by atoms with Crippen molar-refractivity contribution in [3.05, 3.63) is 69.3 Å². The van der Waals surface area contributed by atoms with Crippen LogP contribution in [0.2, 0.25) is 0 Å². The molecule has 0 spiro atoms. The van der Waals surface area contributed by atoms with Gasteiger partial charge in [-0.2, -0.15) is 10.2 Å². The van der Waals surface area contributed by atoms with Gasteiger partial charge in [-0.15, -0.1) is 0 Å². The molecule has 246 valence electrons. The third-order valence-corrected chi connectivity index (χ3v) is 9.22. The minimum atomic E-state index is -0.903. The van der Waals surface area contributed by atoms with Crippen LogP contribution >= 0.6 is 0 Å². The fourth-order valence-electron chi connectivity index (χ4n) is 6.01. The van der Waals surface area contributed by atoms with Crippen LogP contribution in [0, 0.1) is 25.7 Å². The summed E-state index contributed by atoms with van der Waals surface area (Å²) < 4.78 is 4.90. The quantitative estimate of drug-likeness (QED) is 0.170. The first-order valence-corrected chi connectivity index (χ1v) is 16.1. The van der Waals surface area contributed by atoms with E-state index < -0.39 is 5.97 Å². The topological polar surface area (TPSA) is 177 Å². The zero-order valence-corrected chi connectivity index (χ0v) is 30.4. The van der Waals surface area contributed by atoms with E-state index in [2.05, 4.69) is 36.4 Å². The normalized spacial score (nSPS) is 14.1. The summed E-state index contributed by atoms with van der Waals surface area (Å²) in [5, 5.41) is 23.9. The number of benzene rings is 2. The molecule has 0 saturated heterocycles. The van der Waals surface area contributed by atoms with Gasteiger partial charge >= 0.3 is 41.5 Å². The maximum atomic E-state index is 12.0. The maximum Gasteiger partial charge on any atom is 1.00 e. The molecule has 6 rings (SSSR count). The van der Waals surface area contributed by atoms with E-state index in [1.54, 1.807) is 6.07 Å². The van der Waals surface area contributed by atoms with Gasteiger partial charge in [0, 0.05) is 24.0 Å². The van der Waals surface area contributed by atoms with Gasteiger partial charge in [-0.3, -0.25) is 10.2 Å². The van der Waals surface area contributed by atoms with Crippen molar-refractivity contribution in [3.8, 4) is 22.8 Å². The number of aromatic nitrogens is 6. The molecule has 2 aromatic carbocycles. The van der Waals surface area contributed by atoms with Crippen LogP contribution in [0.5, 0.6) is 0 Å². The van der Waals surface area contributed by atoms with Crippen LogP contribution in [0.1, 0.15) is 107 Å².